The van der Waals surface area contributed by atoms with E-state index in [0.717, 1.165) is 25.3 Å². The third-order valence-electron chi connectivity index (χ3n) is 3.04. The van der Waals surface area contributed by atoms with Gasteiger partial charge in [-0.15, -0.1) is 0 Å². The molecule has 5 nitrogen and oxygen atoms in total. The molecule has 0 aliphatic rings. The first-order valence-corrected chi connectivity index (χ1v) is 8.20. The molecular formula is C12H12ClF6NO4S. The van der Waals surface area contributed by atoms with E-state index in [0.29, 0.717) is 0 Å². The second-order valence-corrected chi connectivity index (χ2v) is 6.89. The molecule has 0 saturated heterocycles. The Hall–Kier alpha value is -1.24. The Kier molecular flexibility index (Phi) is 6.59. The van der Waals surface area contributed by atoms with E-state index in [1.54, 1.807) is 0 Å². The molecule has 1 atom stereocenters. The maximum Gasteiger partial charge on any atom is 0.402 e. The first-order chi connectivity index (χ1) is 11.2. The number of aliphatic hydroxyl groups is 1. The fourth-order valence-electron chi connectivity index (χ4n) is 1.93. The summed E-state index contributed by atoms with van der Waals surface area (Å²) < 4.78 is 106. The van der Waals surface area contributed by atoms with Gasteiger partial charge in [0, 0.05) is 6.07 Å². The second kappa shape index (κ2) is 7.56. The van der Waals surface area contributed by atoms with Gasteiger partial charge in [0.1, 0.15) is 5.75 Å². The van der Waals surface area contributed by atoms with Crippen LogP contribution in [0.1, 0.15) is 0 Å². The highest BCUT2D eigenvalue weighted by atomic mass is 35.5. The van der Waals surface area contributed by atoms with Gasteiger partial charge in [-0.3, -0.25) is 0 Å². The minimum absolute atomic E-state index is 0.0244. The Labute approximate surface area is 143 Å². The minimum atomic E-state index is -5.83. The van der Waals surface area contributed by atoms with Crippen molar-refractivity contribution >= 4 is 21.6 Å². The Morgan fingerprint density at radius 1 is 1.20 bits per heavy atom. The van der Waals surface area contributed by atoms with E-state index in [1.807, 2.05) is 0 Å². The van der Waals surface area contributed by atoms with Crippen LogP contribution < -0.4 is 9.46 Å². The molecular weight excluding hydrogens is 404 g/mol. The lowest BCUT2D eigenvalue weighted by Crippen LogP contribution is -2.54. The van der Waals surface area contributed by atoms with Gasteiger partial charge in [-0.2, -0.15) is 26.3 Å². The molecule has 0 amide bonds. The number of ether oxygens (including phenoxy) is 1. The fourth-order valence-corrected chi connectivity index (χ4v) is 3.38. The molecule has 2 N–H and O–H groups in total. The summed E-state index contributed by atoms with van der Waals surface area (Å²) in [5, 5.41) is 8.88. The van der Waals surface area contributed by atoms with Crippen molar-refractivity contribution in [1.82, 2.24) is 4.72 Å². The Morgan fingerprint density at radius 3 is 2.12 bits per heavy atom. The highest BCUT2D eigenvalue weighted by molar-refractivity contribution is 7.89. The van der Waals surface area contributed by atoms with Crippen LogP contribution in [0.5, 0.6) is 5.75 Å². The molecule has 1 rings (SSSR count). The van der Waals surface area contributed by atoms with Crippen LogP contribution in [0.25, 0.3) is 0 Å². The predicted octanol–water partition coefficient (Wildman–Crippen LogP) is 2.73. The van der Waals surface area contributed by atoms with E-state index in [4.69, 9.17) is 21.4 Å². The number of rotatable bonds is 6. The molecule has 0 aliphatic carbocycles. The van der Waals surface area contributed by atoms with Crippen LogP contribution in [0.4, 0.5) is 26.3 Å². The van der Waals surface area contributed by atoms with Crippen LogP contribution in [0.15, 0.2) is 23.1 Å². The number of sulfonamides is 1. The number of halogens is 7. The van der Waals surface area contributed by atoms with Crippen LogP contribution in [0, 0.1) is 5.92 Å². The molecule has 1 aromatic carbocycles. The zero-order valence-electron chi connectivity index (χ0n) is 12.3. The minimum Gasteiger partial charge on any atom is -0.495 e. The molecule has 0 spiro atoms. The van der Waals surface area contributed by atoms with Gasteiger partial charge in [0.25, 0.3) is 0 Å². The number of methoxy groups -OCH3 is 1. The summed E-state index contributed by atoms with van der Waals surface area (Å²) in [5.41, 5.74) is 0. The molecule has 0 aliphatic heterocycles. The lowest BCUT2D eigenvalue weighted by Gasteiger charge is -2.29. The summed E-state index contributed by atoms with van der Waals surface area (Å²) in [5.74, 6) is -4.25. The highest BCUT2D eigenvalue weighted by Gasteiger charge is 2.60. The quantitative estimate of drug-likeness (QED) is 0.701. The van der Waals surface area contributed by atoms with Crippen LogP contribution in [-0.4, -0.2) is 45.6 Å². The van der Waals surface area contributed by atoms with Gasteiger partial charge in [-0.25, -0.2) is 13.1 Å². The lowest BCUT2D eigenvalue weighted by atomic mass is 10.00. The van der Waals surface area contributed by atoms with Crippen molar-refractivity contribution in [3.05, 3.63) is 23.2 Å². The van der Waals surface area contributed by atoms with Crippen LogP contribution in [-0.2, 0) is 10.0 Å². The summed E-state index contributed by atoms with van der Waals surface area (Å²) in [6, 6.07) is -0.160. The number of hydrogen-bond acceptors (Lipinski definition) is 4. The summed E-state index contributed by atoms with van der Waals surface area (Å²) in [7, 11) is -3.71. The first kappa shape index (κ1) is 21.8. The number of alkyl halides is 6. The lowest BCUT2D eigenvalue weighted by molar-refractivity contribution is -0.292. The SMILES string of the molecule is COc1cc(S(=O)(=O)NC(CO)C(C(F)(F)F)C(F)(F)F)ccc1Cl. The second-order valence-electron chi connectivity index (χ2n) is 4.77. The Bertz CT molecular complexity index is 693. The smallest absolute Gasteiger partial charge is 0.402 e. The zero-order valence-corrected chi connectivity index (χ0v) is 13.9. The number of benzene rings is 1. The van der Waals surface area contributed by atoms with Gasteiger partial charge in [0.2, 0.25) is 10.0 Å². The molecule has 0 radical (unpaired) electrons. The maximum atomic E-state index is 12.7. The van der Waals surface area contributed by atoms with Crippen molar-refractivity contribution in [2.45, 2.75) is 23.3 Å². The van der Waals surface area contributed by atoms with Gasteiger partial charge < -0.3 is 9.84 Å². The van der Waals surface area contributed by atoms with Crippen LogP contribution >= 0.6 is 11.6 Å². The Balaban J connectivity index is 3.26. The molecule has 0 aromatic heterocycles. The van der Waals surface area contributed by atoms with Gasteiger partial charge in [0.05, 0.1) is 29.7 Å². The number of hydrogen-bond donors (Lipinski definition) is 2. The van der Waals surface area contributed by atoms with Crippen molar-refractivity contribution < 1.29 is 44.6 Å². The molecule has 0 bridgehead atoms. The third kappa shape index (κ3) is 5.36. The number of aliphatic hydroxyl groups excluding tert-OH is 1. The first-order valence-electron chi connectivity index (χ1n) is 6.34. The van der Waals surface area contributed by atoms with Crippen molar-refractivity contribution in [2.75, 3.05) is 13.7 Å². The summed E-state index contributed by atoms with van der Waals surface area (Å²) >= 11 is 5.67. The zero-order chi connectivity index (χ0) is 19.6. The van der Waals surface area contributed by atoms with E-state index >= 15 is 0 Å². The normalized spacial score (nSPS) is 14.6. The van der Waals surface area contributed by atoms with E-state index in [9.17, 15) is 34.8 Å². The van der Waals surface area contributed by atoms with Crippen molar-refractivity contribution in [3.63, 3.8) is 0 Å². The van der Waals surface area contributed by atoms with Gasteiger partial charge in [-0.1, -0.05) is 11.6 Å². The van der Waals surface area contributed by atoms with Crippen LogP contribution in [0.2, 0.25) is 5.02 Å². The average molecular weight is 416 g/mol. The summed E-state index contributed by atoms with van der Waals surface area (Å²) in [4.78, 5) is -0.685. The number of nitrogens with one attached hydrogen (secondary N) is 1. The van der Waals surface area contributed by atoms with Gasteiger partial charge in [0.15, 0.2) is 5.92 Å². The average Bonchev–Trinajstić information content (AvgIpc) is 2.43. The highest BCUT2D eigenvalue weighted by Crippen LogP contribution is 2.41. The molecule has 0 heterocycles. The van der Waals surface area contributed by atoms with Crippen LogP contribution in [0.3, 0.4) is 0 Å². The molecule has 1 unspecified atom stereocenters. The van der Waals surface area contributed by atoms with Gasteiger partial charge in [-0.05, 0) is 12.1 Å². The standard InChI is InChI=1S/C12H12ClF6NO4S/c1-24-9-4-6(2-3-7(9)13)25(22,23)20-8(5-21)10(11(14,15)16)12(17,18)19/h2-4,8,10,20-21H,5H2,1H3. The Morgan fingerprint density at radius 2 is 1.72 bits per heavy atom. The topological polar surface area (TPSA) is 75.6 Å². The van der Waals surface area contributed by atoms with Crippen molar-refractivity contribution in [1.29, 1.82) is 0 Å². The van der Waals surface area contributed by atoms with Crippen molar-refractivity contribution in [2.24, 2.45) is 5.92 Å². The van der Waals surface area contributed by atoms with E-state index in [1.165, 1.54) is 4.72 Å². The monoisotopic (exact) mass is 415 g/mol. The van der Waals surface area contributed by atoms with E-state index in [2.05, 4.69) is 0 Å². The maximum absolute atomic E-state index is 12.7. The van der Waals surface area contributed by atoms with Crippen molar-refractivity contribution in [3.8, 4) is 5.75 Å². The van der Waals surface area contributed by atoms with E-state index in [-0.39, 0.29) is 10.8 Å². The summed E-state index contributed by atoms with van der Waals surface area (Å²) in [6.45, 7) is -1.73. The molecule has 25 heavy (non-hydrogen) atoms. The third-order valence-corrected chi connectivity index (χ3v) is 4.84. The van der Waals surface area contributed by atoms with Gasteiger partial charge >= 0.3 is 12.4 Å². The predicted molar refractivity (Wildman–Crippen MR) is 74.8 cm³/mol. The molecule has 0 fully saturated rings. The summed E-state index contributed by atoms with van der Waals surface area (Å²) in [6.07, 6.45) is -11.7. The van der Waals surface area contributed by atoms with E-state index < -0.39 is 45.8 Å². The molecule has 1 aromatic rings. The fraction of sp³-hybridized carbons (Fsp3) is 0.500. The molecule has 13 heteroatoms. The molecule has 144 valence electrons. The largest absolute Gasteiger partial charge is 0.495 e. The molecule has 0 saturated carbocycles.